The van der Waals surface area contributed by atoms with E-state index in [0.717, 1.165) is 47.3 Å². The summed E-state index contributed by atoms with van der Waals surface area (Å²) >= 11 is 0. The third-order valence-corrected chi connectivity index (χ3v) is 29.5. The molecule has 9 rings (SSSR count). The van der Waals surface area contributed by atoms with Crippen molar-refractivity contribution in [3.63, 3.8) is 0 Å². The lowest BCUT2D eigenvalue weighted by Crippen LogP contribution is -2.59. The van der Waals surface area contributed by atoms with Crippen molar-refractivity contribution in [2.75, 3.05) is 131 Å². The van der Waals surface area contributed by atoms with Gasteiger partial charge in [-0.1, -0.05) is 166 Å². The number of likely N-dealkylation sites (tertiary alicyclic amines) is 8. The van der Waals surface area contributed by atoms with E-state index in [0.29, 0.717) is 98.7 Å². The molecule has 0 unspecified atom stereocenters. The van der Waals surface area contributed by atoms with Crippen LogP contribution in [0.3, 0.4) is 0 Å². The number of nitrogens with zero attached hydrogens (tertiary/aromatic N) is 10. The Hall–Kier alpha value is -0.400. The number of piperazine rings is 1. The van der Waals surface area contributed by atoms with Gasteiger partial charge in [0.25, 0.3) is 0 Å². The summed E-state index contributed by atoms with van der Waals surface area (Å²) in [5, 5.41) is 0. The minimum atomic E-state index is 0.337. The molecule has 9 fully saturated rings. The van der Waals surface area contributed by atoms with Gasteiger partial charge in [0.05, 0.1) is 0 Å². The van der Waals surface area contributed by atoms with Gasteiger partial charge in [-0.15, -0.1) is 0 Å². The highest BCUT2D eigenvalue weighted by Crippen LogP contribution is 2.44. The molecule has 9 aliphatic rings. The number of hydrogen-bond acceptors (Lipinski definition) is 10. The summed E-state index contributed by atoms with van der Waals surface area (Å²) in [4.78, 5) is 25.9. The fourth-order valence-corrected chi connectivity index (χ4v) is 17.3. The lowest BCUT2D eigenvalue weighted by Gasteiger charge is -2.52. The van der Waals surface area contributed by atoms with Gasteiger partial charge < -0.3 is 0 Å². The second-order valence-electron chi connectivity index (χ2n) is 57.4. The first-order valence-electron chi connectivity index (χ1n) is 48.4. The van der Waals surface area contributed by atoms with E-state index in [1.54, 1.807) is 0 Å². The maximum atomic E-state index is 2.62. The minimum Gasteiger partial charge on any atom is -0.298 e. The van der Waals surface area contributed by atoms with Crippen LogP contribution in [-0.2, 0) is 0 Å². The summed E-state index contributed by atoms with van der Waals surface area (Å²) in [5.74, 6) is 7.20. The lowest BCUT2D eigenvalue weighted by molar-refractivity contribution is -0.0346. The third kappa shape index (κ3) is 40.9. The fraction of sp³-hybridized carbons (Fsp3) is 1.00. The van der Waals surface area contributed by atoms with Crippen LogP contribution in [0.1, 0.15) is 412 Å². The summed E-state index contributed by atoms with van der Waals surface area (Å²) in [7, 11) is 0. The van der Waals surface area contributed by atoms with E-state index >= 15 is 0 Å². The predicted molar refractivity (Wildman–Crippen MR) is 525 cm³/mol. The van der Waals surface area contributed by atoms with Crippen LogP contribution < -0.4 is 0 Å². The molecular weight excluding hydrogens is 1410 g/mol. The smallest absolute Gasteiger partial charge is 0.0126 e. The summed E-state index contributed by atoms with van der Waals surface area (Å²) in [5.41, 5.74) is 7.62. The highest BCUT2D eigenvalue weighted by Gasteiger charge is 2.46. The molecule has 0 saturated carbocycles. The normalized spacial score (nSPS) is 23.5. The average molecular weight is 1640 g/mol. The Balaban J connectivity index is 0.000000653. The van der Waals surface area contributed by atoms with Gasteiger partial charge in [0, 0.05) is 147 Å². The summed E-state index contributed by atoms with van der Waals surface area (Å²) in [6.45, 7) is 151. The highest BCUT2D eigenvalue weighted by molar-refractivity contribution is 4.99. The molecule has 0 amide bonds. The van der Waals surface area contributed by atoms with E-state index in [-0.39, 0.29) is 0 Å². The molecule has 0 aromatic rings. The molecule has 10 nitrogen and oxygen atoms in total. The second kappa shape index (κ2) is 42.0. The van der Waals surface area contributed by atoms with Crippen LogP contribution in [-0.4, -0.2) is 235 Å². The van der Waals surface area contributed by atoms with E-state index in [4.69, 9.17) is 0 Å². The molecule has 9 aliphatic heterocycles. The summed E-state index contributed by atoms with van der Waals surface area (Å²) in [6.07, 6.45) is 8.25. The molecule has 9 heterocycles. The van der Waals surface area contributed by atoms with Crippen LogP contribution in [0.5, 0.6) is 0 Å². The van der Waals surface area contributed by atoms with Crippen LogP contribution in [0.15, 0.2) is 0 Å². The summed E-state index contributed by atoms with van der Waals surface area (Å²) < 4.78 is 0. The maximum absolute atomic E-state index is 2.62. The van der Waals surface area contributed by atoms with Gasteiger partial charge in [-0.2, -0.15) is 0 Å². The van der Waals surface area contributed by atoms with E-state index in [9.17, 15) is 0 Å². The van der Waals surface area contributed by atoms with Crippen molar-refractivity contribution in [3.05, 3.63) is 0 Å². The van der Waals surface area contributed by atoms with E-state index in [2.05, 4.69) is 423 Å². The van der Waals surface area contributed by atoms with Crippen LogP contribution in [0, 0.1) is 90.7 Å². The molecule has 0 bridgehead atoms. The average Bonchev–Trinajstić information content (AvgIpc) is 1.06. The highest BCUT2D eigenvalue weighted by atomic mass is 15.3. The standard InChI is InChI=1S/2C13H27N.C12H26N2.2C12H25N.4C11H23N/c2*1-12(2,3)11-7-9-14(10-8-11)13(4,5)6;1-11(2,3)13-7-9-14(10-8-13)12(4,5)6;2*1-11(2,3)10-7-8-13(9-10)12(4,5)6;4*1-10(2,3)9-7-12(8-9)11(4,5)6/h2*11H,7-10H2,1-6H3;7-10H2,1-6H3;2*10H,7-9H2,1-6H3;4*9H,7-8H2,1-6H3/t;;;2*10-;;;;/m...10..../s1. The molecule has 0 aromatic heterocycles. The van der Waals surface area contributed by atoms with Crippen LogP contribution in [0.4, 0.5) is 0 Å². The van der Waals surface area contributed by atoms with Gasteiger partial charge in [0.2, 0.25) is 0 Å². The largest absolute Gasteiger partial charge is 0.298 e. The van der Waals surface area contributed by atoms with Crippen molar-refractivity contribution in [2.45, 2.75) is 468 Å². The summed E-state index contributed by atoms with van der Waals surface area (Å²) in [6, 6.07) is 0. The van der Waals surface area contributed by atoms with Crippen molar-refractivity contribution < 1.29 is 0 Å². The topological polar surface area (TPSA) is 32.4 Å². The Kier molecular flexibility index (Phi) is 41.2. The first-order chi connectivity index (χ1) is 50.9. The Bertz CT molecular complexity index is 2190. The Labute approximate surface area is 734 Å². The number of rotatable bonds is 0. The van der Waals surface area contributed by atoms with Gasteiger partial charge in [-0.05, 0) is 376 Å². The zero-order chi connectivity index (χ0) is 91.8. The van der Waals surface area contributed by atoms with Gasteiger partial charge in [0.1, 0.15) is 0 Å². The van der Waals surface area contributed by atoms with Crippen molar-refractivity contribution in [2.24, 2.45) is 90.7 Å². The molecule has 0 N–H and O–H groups in total. The molecule has 0 aliphatic carbocycles. The molecule has 0 aromatic carbocycles. The van der Waals surface area contributed by atoms with E-state index < -0.39 is 0 Å². The fourth-order valence-electron chi connectivity index (χ4n) is 17.3. The molecule has 696 valence electrons. The molecule has 116 heavy (non-hydrogen) atoms. The second-order valence-corrected chi connectivity index (χ2v) is 57.4. The zero-order valence-corrected chi connectivity index (χ0v) is 90.5. The lowest BCUT2D eigenvalue weighted by atomic mass is 9.74. The third-order valence-electron chi connectivity index (χ3n) is 29.5. The van der Waals surface area contributed by atoms with Gasteiger partial charge in [0.15, 0.2) is 0 Å². The van der Waals surface area contributed by atoms with Crippen molar-refractivity contribution >= 4 is 0 Å². The Morgan fingerprint density at radius 3 is 0.319 bits per heavy atom. The number of piperidine rings is 2. The maximum Gasteiger partial charge on any atom is 0.0126 e. The predicted octanol–water partition coefficient (Wildman–Crippen LogP) is 26.6. The van der Waals surface area contributed by atoms with Crippen molar-refractivity contribution in [1.29, 1.82) is 0 Å². The van der Waals surface area contributed by atoms with Gasteiger partial charge in [-0.3, -0.25) is 49.0 Å². The minimum absolute atomic E-state index is 0.337. The first-order valence-corrected chi connectivity index (χ1v) is 48.4. The van der Waals surface area contributed by atoms with Crippen LogP contribution in [0.2, 0.25) is 0 Å². The SMILES string of the molecule is CC(C)(C)C1CCN(C(C)(C)C)CC1.CC(C)(C)C1CCN(C(C)(C)C)CC1.CC(C)(C)C1CN(C(C)(C)C)C1.CC(C)(C)C1CN(C(C)(C)C)C1.CC(C)(C)C1CN(C(C)(C)C)C1.CC(C)(C)C1CN(C(C)(C)C)C1.CC(C)(C)N1CCN(C(C)(C)C)CC1.CC(C)(C)[C@@H]1CCN(C(C)(C)C)C1.CC(C)(C)[C@H]1CCN(C(C)(C)C)C1. The molecule has 0 spiro atoms. The monoisotopic (exact) mass is 1640 g/mol. The molecule has 0 radical (unpaired) electrons. The van der Waals surface area contributed by atoms with E-state index in [1.807, 2.05) is 0 Å². The molecule has 10 heteroatoms. The van der Waals surface area contributed by atoms with Crippen LogP contribution >= 0.6 is 0 Å². The first kappa shape index (κ1) is 114. The van der Waals surface area contributed by atoms with E-state index in [1.165, 1.54) is 169 Å². The number of hydrogen-bond donors (Lipinski definition) is 0. The van der Waals surface area contributed by atoms with Crippen LogP contribution in [0.25, 0.3) is 0 Å². The van der Waals surface area contributed by atoms with Gasteiger partial charge >= 0.3 is 0 Å². The Morgan fingerprint density at radius 2 is 0.216 bits per heavy atom. The van der Waals surface area contributed by atoms with Crippen molar-refractivity contribution in [1.82, 2.24) is 49.0 Å². The Morgan fingerprint density at radius 1 is 0.112 bits per heavy atom. The molecular formula is C106H222N10. The van der Waals surface area contributed by atoms with Gasteiger partial charge in [-0.25, -0.2) is 0 Å². The van der Waals surface area contributed by atoms with Crippen molar-refractivity contribution in [3.8, 4) is 0 Å². The quantitative estimate of drug-likeness (QED) is 0.234. The zero-order valence-electron chi connectivity index (χ0n) is 90.5. The molecule has 2 atom stereocenters. The molecule has 9 saturated heterocycles.